The Balaban J connectivity index is 1.63. The molecule has 1 aliphatic carbocycles. The molecule has 5 atom stereocenters. The van der Waals surface area contributed by atoms with E-state index in [-0.39, 0.29) is 12.3 Å². The molecular weight excluding hydrogens is 400 g/mol. The molecule has 4 N–H and O–H groups in total. The van der Waals surface area contributed by atoms with E-state index in [1.54, 1.807) is 12.4 Å². The Bertz CT molecular complexity index is 934. The van der Waals surface area contributed by atoms with Gasteiger partial charge in [0.25, 0.3) is 0 Å². The number of nitrogens with zero attached hydrogens (tertiary/aromatic N) is 2. The SMILES string of the molecule is Cc1cc(C)cc(N2C(=S)NC3C(O)C(O)CC(C(=O)NCc4cccnc4)C32)c1. The number of hydrogen-bond acceptors (Lipinski definition) is 5. The fourth-order valence-electron chi connectivity index (χ4n) is 4.55. The predicted molar refractivity (Wildman–Crippen MR) is 118 cm³/mol. The smallest absolute Gasteiger partial charge is 0.225 e. The van der Waals surface area contributed by atoms with Crippen LogP contribution in [0.25, 0.3) is 0 Å². The number of carbonyl (C=O) groups excluding carboxylic acids is 1. The van der Waals surface area contributed by atoms with Crippen LogP contribution in [0.2, 0.25) is 0 Å². The summed E-state index contributed by atoms with van der Waals surface area (Å²) in [6.45, 7) is 4.37. The van der Waals surface area contributed by atoms with E-state index in [1.807, 2.05) is 43.0 Å². The third-order valence-corrected chi connectivity index (χ3v) is 6.17. The van der Waals surface area contributed by atoms with Gasteiger partial charge in [-0.3, -0.25) is 9.78 Å². The molecule has 0 radical (unpaired) electrons. The summed E-state index contributed by atoms with van der Waals surface area (Å²) in [6, 6.07) is 8.90. The quantitative estimate of drug-likeness (QED) is 0.545. The van der Waals surface area contributed by atoms with Gasteiger partial charge in [-0.1, -0.05) is 12.1 Å². The van der Waals surface area contributed by atoms with E-state index >= 15 is 0 Å². The van der Waals surface area contributed by atoms with Crippen molar-refractivity contribution < 1.29 is 15.0 Å². The average Bonchev–Trinajstić information content (AvgIpc) is 3.06. The van der Waals surface area contributed by atoms with Crippen LogP contribution in [-0.4, -0.2) is 50.5 Å². The van der Waals surface area contributed by atoms with Crippen molar-refractivity contribution >= 4 is 28.9 Å². The number of anilines is 1. The molecule has 2 fully saturated rings. The van der Waals surface area contributed by atoms with Gasteiger partial charge in [-0.05, 0) is 67.4 Å². The first-order chi connectivity index (χ1) is 14.3. The van der Waals surface area contributed by atoms with Crippen LogP contribution >= 0.6 is 12.2 Å². The van der Waals surface area contributed by atoms with Crippen LogP contribution in [0.3, 0.4) is 0 Å². The minimum absolute atomic E-state index is 0.160. The number of aliphatic hydroxyl groups excluding tert-OH is 2. The second kappa shape index (κ2) is 8.29. The number of nitrogens with one attached hydrogen (secondary N) is 2. The summed E-state index contributed by atoms with van der Waals surface area (Å²) in [5.41, 5.74) is 3.95. The molecule has 1 saturated carbocycles. The summed E-state index contributed by atoms with van der Waals surface area (Å²) in [5.74, 6) is -0.723. The Morgan fingerprint density at radius 1 is 1.30 bits per heavy atom. The molecule has 1 amide bonds. The van der Waals surface area contributed by atoms with Crippen LogP contribution < -0.4 is 15.5 Å². The Hall–Kier alpha value is -2.55. The van der Waals surface area contributed by atoms with Crippen LogP contribution in [-0.2, 0) is 11.3 Å². The third-order valence-electron chi connectivity index (χ3n) is 5.86. The van der Waals surface area contributed by atoms with E-state index in [1.165, 1.54) is 0 Å². The summed E-state index contributed by atoms with van der Waals surface area (Å²) >= 11 is 5.58. The van der Waals surface area contributed by atoms with Crippen molar-refractivity contribution in [1.82, 2.24) is 15.6 Å². The number of aliphatic hydroxyl groups is 2. The summed E-state index contributed by atoms with van der Waals surface area (Å²) in [7, 11) is 0. The fraction of sp³-hybridized carbons (Fsp3) is 0.409. The van der Waals surface area contributed by atoms with Crippen LogP contribution in [0.4, 0.5) is 5.69 Å². The number of fused-ring (bicyclic) bond motifs is 1. The first-order valence-electron chi connectivity index (χ1n) is 10.1. The van der Waals surface area contributed by atoms with Gasteiger partial charge in [-0.15, -0.1) is 0 Å². The summed E-state index contributed by atoms with van der Waals surface area (Å²) < 4.78 is 0. The molecule has 2 heterocycles. The van der Waals surface area contributed by atoms with Gasteiger partial charge in [-0.2, -0.15) is 0 Å². The highest BCUT2D eigenvalue weighted by molar-refractivity contribution is 7.80. The number of benzene rings is 1. The average molecular weight is 427 g/mol. The van der Waals surface area contributed by atoms with Crippen molar-refractivity contribution in [3.63, 3.8) is 0 Å². The molecule has 1 aromatic heterocycles. The zero-order chi connectivity index (χ0) is 21.4. The molecule has 7 nitrogen and oxygen atoms in total. The third kappa shape index (κ3) is 3.90. The van der Waals surface area contributed by atoms with Gasteiger partial charge in [0.2, 0.25) is 5.91 Å². The minimum Gasteiger partial charge on any atom is -0.390 e. The van der Waals surface area contributed by atoms with E-state index in [0.717, 1.165) is 22.4 Å². The lowest BCUT2D eigenvalue weighted by atomic mass is 9.77. The molecule has 0 bridgehead atoms. The second-order valence-corrected chi connectivity index (χ2v) is 8.55. The van der Waals surface area contributed by atoms with Gasteiger partial charge in [0.1, 0.15) is 6.10 Å². The number of carbonyl (C=O) groups is 1. The Morgan fingerprint density at radius 3 is 2.70 bits per heavy atom. The number of hydrogen-bond donors (Lipinski definition) is 4. The Labute approximate surface area is 181 Å². The lowest BCUT2D eigenvalue weighted by Gasteiger charge is -2.41. The molecule has 1 saturated heterocycles. The first-order valence-corrected chi connectivity index (χ1v) is 10.5. The molecule has 1 aromatic carbocycles. The van der Waals surface area contributed by atoms with E-state index in [2.05, 4.69) is 21.7 Å². The normalized spacial score (nSPS) is 28.1. The Morgan fingerprint density at radius 2 is 2.03 bits per heavy atom. The largest absolute Gasteiger partial charge is 0.390 e. The topological polar surface area (TPSA) is 97.7 Å². The highest BCUT2D eigenvalue weighted by Crippen LogP contribution is 2.37. The van der Waals surface area contributed by atoms with Crippen molar-refractivity contribution in [3.8, 4) is 0 Å². The maximum atomic E-state index is 13.2. The molecule has 2 aliphatic rings. The highest BCUT2D eigenvalue weighted by Gasteiger charge is 2.53. The molecule has 4 rings (SSSR count). The number of aromatic nitrogens is 1. The molecule has 1 aliphatic heterocycles. The van der Waals surface area contributed by atoms with E-state index in [0.29, 0.717) is 11.7 Å². The van der Waals surface area contributed by atoms with E-state index in [9.17, 15) is 15.0 Å². The number of thiocarbonyl (C=S) groups is 1. The molecule has 5 unspecified atom stereocenters. The summed E-state index contributed by atoms with van der Waals surface area (Å²) in [4.78, 5) is 19.2. The molecule has 0 spiro atoms. The van der Waals surface area contributed by atoms with Crippen molar-refractivity contribution in [1.29, 1.82) is 0 Å². The Kier molecular flexibility index (Phi) is 5.73. The first kappa shape index (κ1) is 20.7. The maximum Gasteiger partial charge on any atom is 0.225 e. The van der Waals surface area contributed by atoms with Gasteiger partial charge in [-0.25, -0.2) is 0 Å². The maximum absolute atomic E-state index is 13.2. The zero-order valence-corrected chi connectivity index (χ0v) is 17.8. The number of aryl methyl sites for hydroxylation is 2. The predicted octanol–water partition coefficient (Wildman–Crippen LogP) is 1.19. The molecule has 158 valence electrons. The number of amides is 1. The standard InChI is InChI=1S/C22H26N4O3S/c1-12-6-13(2)8-15(7-12)26-19-16(9-17(27)20(28)18(19)25-22(26)30)21(29)24-11-14-4-3-5-23-10-14/h3-8,10,16-20,27-28H,9,11H2,1-2H3,(H,24,29)(H,25,30). The number of pyridine rings is 1. The molecule has 30 heavy (non-hydrogen) atoms. The monoisotopic (exact) mass is 426 g/mol. The van der Waals surface area contributed by atoms with Crippen LogP contribution in [0.15, 0.2) is 42.7 Å². The van der Waals surface area contributed by atoms with Gasteiger partial charge in [0.05, 0.1) is 24.1 Å². The zero-order valence-electron chi connectivity index (χ0n) is 16.9. The van der Waals surface area contributed by atoms with Crippen molar-refractivity contribution in [2.24, 2.45) is 5.92 Å². The molecular formula is C22H26N4O3S. The van der Waals surface area contributed by atoms with Gasteiger partial charge in [0.15, 0.2) is 5.11 Å². The van der Waals surface area contributed by atoms with Crippen LogP contribution in [0.5, 0.6) is 0 Å². The second-order valence-electron chi connectivity index (χ2n) is 8.16. The van der Waals surface area contributed by atoms with Crippen LogP contribution in [0.1, 0.15) is 23.1 Å². The van der Waals surface area contributed by atoms with Gasteiger partial charge in [0, 0.05) is 24.6 Å². The minimum atomic E-state index is -1.01. The lowest BCUT2D eigenvalue weighted by molar-refractivity contribution is -0.131. The van der Waals surface area contributed by atoms with E-state index < -0.39 is 30.2 Å². The summed E-state index contributed by atoms with van der Waals surface area (Å²) in [6.07, 6.45) is 1.53. The van der Waals surface area contributed by atoms with Crippen molar-refractivity contribution in [3.05, 3.63) is 59.4 Å². The van der Waals surface area contributed by atoms with Crippen molar-refractivity contribution in [2.45, 2.75) is 51.1 Å². The highest BCUT2D eigenvalue weighted by atomic mass is 32.1. The van der Waals surface area contributed by atoms with Gasteiger partial charge >= 0.3 is 0 Å². The molecule has 2 aromatic rings. The summed E-state index contributed by atoms with van der Waals surface area (Å²) in [5, 5.41) is 27.6. The van der Waals surface area contributed by atoms with E-state index in [4.69, 9.17) is 12.2 Å². The fourth-order valence-corrected chi connectivity index (χ4v) is 4.92. The lowest BCUT2D eigenvalue weighted by Crippen LogP contribution is -2.60. The number of rotatable bonds is 4. The van der Waals surface area contributed by atoms with Crippen LogP contribution in [0, 0.1) is 19.8 Å². The van der Waals surface area contributed by atoms with Crippen molar-refractivity contribution in [2.75, 3.05) is 4.90 Å². The van der Waals surface area contributed by atoms with Gasteiger partial charge < -0.3 is 25.7 Å². The molecule has 8 heteroatoms.